The molecule has 0 aromatic carbocycles. The van der Waals surface area contributed by atoms with Crippen LogP contribution in [0.1, 0.15) is 37.7 Å². The Hall–Kier alpha value is -2.06. The fourth-order valence-electron chi connectivity index (χ4n) is 2.61. The number of rotatable bonds is 8. The molecule has 2 aliphatic rings. The van der Waals surface area contributed by atoms with Crippen LogP contribution in [0.4, 0.5) is 22.4 Å². The number of pyridine rings is 1. The zero-order valence-electron chi connectivity index (χ0n) is 14.2. The van der Waals surface area contributed by atoms with E-state index in [2.05, 4.69) is 15.6 Å². The molecule has 0 bridgehead atoms. The maximum absolute atomic E-state index is 13.5. The Kier molecular flexibility index (Phi) is 4.98. The molecule has 5 nitrogen and oxygen atoms in total. The van der Waals surface area contributed by atoms with Gasteiger partial charge in [0.2, 0.25) is 5.88 Å². The van der Waals surface area contributed by atoms with E-state index >= 15 is 0 Å². The lowest BCUT2D eigenvalue weighted by atomic mass is 10.0. The van der Waals surface area contributed by atoms with E-state index in [0.717, 1.165) is 0 Å². The molecule has 2 saturated carbocycles. The van der Waals surface area contributed by atoms with Gasteiger partial charge in [-0.15, -0.1) is 0 Å². The molecule has 0 saturated heterocycles. The lowest BCUT2D eigenvalue weighted by Crippen LogP contribution is -2.37. The molecule has 26 heavy (non-hydrogen) atoms. The normalized spacial score (nSPS) is 19.5. The number of hydrogen-bond donors (Lipinski definition) is 2. The molecule has 2 aliphatic carbocycles. The molecule has 0 atom stereocenters. The van der Waals surface area contributed by atoms with Crippen molar-refractivity contribution in [2.24, 2.45) is 5.41 Å². The number of nitrogens with one attached hydrogen (secondary N) is 2. The second-order valence-electron chi connectivity index (χ2n) is 7.08. The maximum atomic E-state index is 13.5. The summed E-state index contributed by atoms with van der Waals surface area (Å²) >= 11 is 0. The van der Waals surface area contributed by atoms with Crippen LogP contribution in [0.5, 0.6) is 5.88 Å². The molecule has 2 amide bonds. The SMILES string of the molecule is O=C(NCCC1(C(F)(F)F)CC1)NCc1ccnc(OCC2(F)CC2)c1. The monoisotopic (exact) mass is 375 g/mol. The fourth-order valence-corrected chi connectivity index (χ4v) is 2.61. The highest BCUT2D eigenvalue weighted by Gasteiger charge is 2.62. The molecule has 2 N–H and O–H groups in total. The summed E-state index contributed by atoms with van der Waals surface area (Å²) in [4.78, 5) is 15.7. The number of nitrogens with zero attached hydrogens (tertiary/aromatic N) is 1. The van der Waals surface area contributed by atoms with E-state index in [1.165, 1.54) is 6.20 Å². The van der Waals surface area contributed by atoms with Gasteiger partial charge in [0.05, 0.1) is 5.41 Å². The van der Waals surface area contributed by atoms with Gasteiger partial charge in [-0.1, -0.05) is 0 Å². The van der Waals surface area contributed by atoms with Crippen molar-refractivity contribution >= 4 is 6.03 Å². The molecule has 144 valence electrons. The van der Waals surface area contributed by atoms with Crippen molar-refractivity contribution in [3.05, 3.63) is 23.9 Å². The smallest absolute Gasteiger partial charge is 0.394 e. The van der Waals surface area contributed by atoms with Crippen molar-refractivity contribution in [2.75, 3.05) is 13.2 Å². The summed E-state index contributed by atoms with van der Waals surface area (Å²) in [5.41, 5.74) is -2.17. The number of amides is 2. The molecule has 3 rings (SSSR count). The summed E-state index contributed by atoms with van der Waals surface area (Å²) in [5, 5.41) is 5.01. The highest BCUT2D eigenvalue weighted by molar-refractivity contribution is 5.73. The van der Waals surface area contributed by atoms with Crippen molar-refractivity contribution in [1.82, 2.24) is 15.6 Å². The van der Waals surface area contributed by atoms with Gasteiger partial charge >= 0.3 is 12.2 Å². The zero-order chi connectivity index (χ0) is 18.8. The molecular weight excluding hydrogens is 354 g/mol. The molecular formula is C17H21F4N3O2. The van der Waals surface area contributed by atoms with Crippen molar-refractivity contribution in [3.8, 4) is 5.88 Å². The molecule has 2 fully saturated rings. The number of halogens is 4. The van der Waals surface area contributed by atoms with Gasteiger partial charge in [-0.3, -0.25) is 0 Å². The Balaban J connectivity index is 1.37. The molecule has 1 heterocycles. The number of alkyl halides is 4. The first-order valence-corrected chi connectivity index (χ1v) is 8.57. The van der Waals surface area contributed by atoms with Gasteiger partial charge in [0.1, 0.15) is 12.3 Å². The summed E-state index contributed by atoms with van der Waals surface area (Å²) < 4.78 is 57.2. The minimum absolute atomic E-state index is 0.0331. The van der Waals surface area contributed by atoms with E-state index in [-0.39, 0.29) is 44.8 Å². The van der Waals surface area contributed by atoms with Crippen LogP contribution in [0, 0.1) is 5.41 Å². The van der Waals surface area contributed by atoms with Crippen molar-refractivity contribution in [1.29, 1.82) is 0 Å². The first-order valence-electron chi connectivity index (χ1n) is 8.57. The average molecular weight is 375 g/mol. The van der Waals surface area contributed by atoms with Gasteiger partial charge in [-0.05, 0) is 43.7 Å². The van der Waals surface area contributed by atoms with E-state index in [1.807, 2.05) is 0 Å². The van der Waals surface area contributed by atoms with Crippen molar-refractivity contribution in [2.45, 2.75) is 50.5 Å². The Morgan fingerprint density at radius 2 is 1.96 bits per heavy atom. The van der Waals surface area contributed by atoms with Crippen LogP contribution in [0.2, 0.25) is 0 Å². The number of hydrogen-bond acceptors (Lipinski definition) is 3. The van der Waals surface area contributed by atoms with Crippen LogP contribution in [-0.2, 0) is 6.54 Å². The first-order chi connectivity index (χ1) is 12.2. The first kappa shape index (κ1) is 18.7. The van der Waals surface area contributed by atoms with Gasteiger partial charge in [0.25, 0.3) is 0 Å². The van der Waals surface area contributed by atoms with Crippen LogP contribution in [0.25, 0.3) is 0 Å². The summed E-state index contributed by atoms with van der Waals surface area (Å²) in [6.07, 6.45) is -1.60. The highest BCUT2D eigenvalue weighted by atomic mass is 19.4. The number of urea groups is 1. The molecule has 1 aromatic rings. The van der Waals surface area contributed by atoms with Crippen molar-refractivity contribution < 1.29 is 27.1 Å². The Morgan fingerprint density at radius 1 is 1.23 bits per heavy atom. The second kappa shape index (κ2) is 6.92. The van der Waals surface area contributed by atoms with Crippen LogP contribution in [0.15, 0.2) is 18.3 Å². The van der Waals surface area contributed by atoms with Crippen LogP contribution in [0.3, 0.4) is 0 Å². The Labute approximate surface area is 148 Å². The van der Waals surface area contributed by atoms with Gasteiger partial charge in [-0.2, -0.15) is 13.2 Å². The largest absolute Gasteiger partial charge is 0.474 e. The predicted molar refractivity (Wildman–Crippen MR) is 85.4 cm³/mol. The van der Waals surface area contributed by atoms with Gasteiger partial charge in [0, 0.05) is 25.4 Å². The van der Waals surface area contributed by atoms with Crippen molar-refractivity contribution in [3.63, 3.8) is 0 Å². The third-order valence-electron chi connectivity index (χ3n) is 4.87. The summed E-state index contributed by atoms with van der Waals surface area (Å²) in [5.74, 6) is 0.273. The van der Waals surface area contributed by atoms with E-state index in [9.17, 15) is 22.4 Å². The third kappa shape index (κ3) is 4.76. The summed E-state index contributed by atoms with van der Waals surface area (Å²) in [7, 11) is 0. The average Bonchev–Trinajstić information content (AvgIpc) is 3.49. The fraction of sp³-hybridized carbons (Fsp3) is 0.647. The van der Waals surface area contributed by atoms with Gasteiger partial charge in [-0.25, -0.2) is 14.2 Å². The summed E-state index contributed by atoms with van der Waals surface area (Å²) in [6.45, 7) is 0.0862. The number of ether oxygens (including phenoxy) is 1. The van der Waals surface area contributed by atoms with E-state index in [0.29, 0.717) is 18.4 Å². The highest BCUT2D eigenvalue weighted by Crippen LogP contribution is 2.59. The lowest BCUT2D eigenvalue weighted by molar-refractivity contribution is -0.188. The second-order valence-corrected chi connectivity index (χ2v) is 7.08. The van der Waals surface area contributed by atoms with Gasteiger partial charge in [0.15, 0.2) is 0 Å². The Bertz CT molecular complexity index is 658. The van der Waals surface area contributed by atoms with E-state index in [4.69, 9.17) is 4.74 Å². The maximum Gasteiger partial charge on any atom is 0.394 e. The zero-order valence-corrected chi connectivity index (χ0v) is 14.2. The van der Waals surface area contributed by atoms with Crippen LogP contribution >= 0.6 is 0 Å². The number of carbonyl (C=O) groups excluding carboxylic acids is 1. The number of aromatic nitrogens is 1. The third-order valence-corrected chi connectivity index (χ3v) is 4.87. The van der Waals surface area contributed by atoms with E-state index < -0.39 is 23.3 Å². The van der Waals surface area contributed by atoms with Crippen LogP contribution in [-0.4, -0.2) is 36.0 Å². The summed E-state index contributed by atoms with van der Waals surface area (Å²) in [6, 6.07) is 2.72. The van der Waals surface area contributed by atoms with Gasteiger partial charge < -0.3 is 15.4 Å². The molecule has 0 radical (unpaired) electrons. The predicted octanol–water partition coefficient (Wildman–Crippen LogP) is 3.49. The standard InChI is InChI=1S/C17H21F4N3O2/c18-16(4-5-16)11-26-13-9-12(1-7-22-13)10-24-14(25)23-8-6-15(2-3-15)17(19,20)21/h1,7,9H,2-6,8,10-11H2,(H2,23,24,25). The topological polar surface area (TPSA) is 63.2 Å². The molecule has 0 unspecified atom stereocenters. The molecule has 0 spiro atoms. The molecule has 9 heteroatoms. The molecule has 0 aliphatic heterocycles. The van der Waals surface area contributed by atoms with E-state index in [1.54, 1.807) is 12.1 Å². The molecule has 1 aromatic heterocycles. The number of carbonyl (C=O) groups is 1. The quantitative estimate of drug-likeness (QED) is 0.684. The minimum atomic E-state index is -4.21. The lowest BCUT2D eigenvalue weighted by Gasteiger charge is -2.19. The van der Waals surface area contributed by atoms with Crippen LogP contribution < -0.4 is 15.4 Å². The Morgan fingerprint density at radius 3 is 2.58 bits per heavy atom. The minimum Gasteiger partial charge on any atom is -0.474 e.